The molecule has 0 N–H and O–H groups in total. The number of hydrogen-bond donors (Lipinski definition) is 0. The van der Waals surface area contributed by atoms with Gasteiger partial charge in [0.05, 0.1) is 0 Å². The summed E-state index contributed by atoms with van der Waals surface area (Å²) in [4.78, 5) is 0. The molecule has 5 rings (SSSR count). The van der Waals surface area contributed by atoms with E-state index < -0.39 is 0 Å². The Morgan fingerprint density at radius 1 is 0.524 bits per heavy atom. The molecule has 42 heavy (non-hydrogen) atoms. The predicted molar refractivity (Wildman–Crippen MR) is 172 cm³/mol. The van der Waals surface area contributed by atoms with Crippen LogP contribution in [-0.2, 0) is 54.3 Å². The van der Waals surface area contributed by atoms with E-state index in [9.17, 15) is 0 Å². The summed E-state index contributed by atoms with van der Waals surface area (Å²) in [5, 5.41) is 0. The Balaban J connectivity index is 0.00000109. The van der Waals surface area contributed by atoms with Crippen molar-refractivity contribution in [3.63, 3.8) is 0 Å². The molecule has 3 heteroatoms. The SMILES string of the molecule is CC(C)(C)c1[c-]c2c(cc1C(C)(C)C)-c1cc(C(C)(C)C)c(C(C)(C)C)cc1C2.[Cl-].[Cl-].[Zr+2].c1cc[cH-]c1.c1cc[cH-]c1. The summed E-state index contributed by atoms with van der Waals surface area (Å²) in [6, 6.07) is 31.4. The number of halogens is 2. The average molecular weight is 682 g/mol. The van der Waals surface area contributed by atoms with Gasteiger partial charge in [0.1, 0.15) is 0 Å². The Kier molecular flexibility index (Phi) is 15.0. The Hall–Kier alpha value is -1.40. The molecule has 1 aliphatic carbocycles. The number of rotatable bonds is 0. The van der Waals surface area contributed by atoms with Gasteiger partial charge >= 0.3 is 26.2 Å². The van der Waals surface area contributed by atoms with Crippen LogP contribution in [0.1, 0.15) is 116 Å². The number of hydrogen-bond acceptors (Lipinski definition) is 0. The summed E-state index contributed by atoms with van der Waals surface area (Å²) in [5.74, 6) is 0. The third-order valence-electron chi connectivity index (χ3n) is 7.34. The monoisotopic (exact) mass is 679 g/mol. The van der Waals surface area contributed by atoms with Crippen molar-refractivity contribution in [1.82, 2.24) is 0 Å². The van der Waals surface area contributed by atoms with Crippen molar-refractivity contribution >= 4 is 0 Å². The van der Waals surface area contributed by atoms with Gasteiger partial charge in [-0.3, -0.25) is 0 Å². The normalized spacial score (nSPS) is 12.1. The van der Waals surface area contributed by atoms with Crippen LogP contribution in [0.25, 0.3) is 11.1 Å². The molecule has 0 radical (unpaired) electrons. The van der Waals surface area contributed by atoms with E-state index in [0.29, 0.717) is 0 Å². The molecule has 0 aromatic heterocycles. The summed E-state index contributed by atoms with van der Waals surface area (Å²) in [6.07, 6.45) is 1.01. The molecule has 0 atom stereocenters. The van der Waals surface area contributed by atoms with Crippen molar-refractivity contribution in [1.29, 1.82) is 0 Å². The predicted octanol–water partition coefficient (Wildman–Crippen LogP) is 5.06. The van der Waals surface area contributed by atoms with E-state index in [-0.39, 0.29) is 72.7 Å². The van der Waals surface area contributed by atoms with E-state index in [4.69, 9.17) is 0 Å². The van der Waals surface area contributed by atoms with Crippen molar-refractivity contribution in [3.8, 4) is 11.1 Å². The van der Waals surface area contributed by atoms with E-state index in [1.54, 1.807) is 0 Å². The van der Waals surface area contributed by atoms with Crippen LogP contribution in [0.2, 0.25) is 0 Å². The molecule has 0 spiro atoms. The minimum atomic E-state index is 0. The maximum absolute atomic E-state index is 3.90. The maximum atomic E-state index is 3.90. The van der Waals surface area contributed by atoms with Gasteiger partial charge in [0.15, 0.2) is 0 Å². The molecule has 4 aromatic rings. The molecular weight excluding hydrogens is 631 g/mol. The molecule has 0 saturated heterocycles. The van der Waals surface area contributed by atoms with Crippen LogP contribution >= 0.6 is 0 Å². The molecule has 0 aliphatic heterocycles. The van der Waals surface area contributed by atoms with Gasteiger partial charge in [-0.2, -0.15) is 54.1 Å². The molecule has 228 valence electrons. The second-order valence-electron chi connectivity index (χ2n) is 15.1. The summed E-state index contributed by atoms with van der Waals surface area (Å²) >= 11 is 0. The van der Waals surface area contributed by atoms with E-state index in [0.717, 1.165) is 6.42 Å². The van der Waals surface area contributed by atoms with Crippen molar-refractivity contribution in [2.75, 3.05) is 0 Å². The molecule has 4 aromatic carbocycles. The largest absolute Gasteiger partial charge is 2.00 e. The van der Waals surface area contributed by atoms with E-state index in [1.165, 1.54) is 44.5 Å². The average Bonchev–Trinajstić information content (AvgIpc) is 3.59. The summed E-state index contributed by atoms with van der Waals surface area (Å²) in [7, 11) is 0. The minimum absolute atomic E-state index is 0. The molecular formula is C39H51Cl2Zr-3. The van der Waals surface area contributed by atoms with E-state index in [1.807, 2.05) is 60.7 Å². The van der Waals surface area contributed by atoms with Gasteiger partial charge in [0, 0.05) is 0 Å². The smallest absolute Gasteiger partial charge is 1.00 e. The molecule has 0 unspecified atom stereocenters. The fourth-order valence-corrected chi connectivity index (χ4v) is 5.27. The zero-order valence-electron chi connectivity index (χ0n) is 28.0. The van der Waals surface area contributed by atoms with Crippen LogP contribution in [0, 0.1) is 6.07 Å². The van der Waals surface area contributed by atoms with Gasteiger partial charge in [0.25, 0.3) is 0 Å². The summed E-state index contributed by atoms with van der Waals surface area (Å²) in [6.45, 7) is 28.0. The third-order valence-corrected chi connectivity index (χ3v) is 7.34. The quantitative estimate of drug-likeness (QED) is 0.201. The first-order valence-electron chi connectivity index (χ1n) is 14.5. The Morgan fingerprint density at radius 2 is 0.905 bits per heavy atom. The fourth-order valence-electron chi connectivity index (χ4n) is 5.27. The Labute approximate surface area is 289 Å². The molecule has 0 nitrogen and oxygen atoms in total. The number of benzene rings is 2. The van der Waals surface area contributed by atoms with Crippen molar-refractivity contribution in [2.24, 2.45) is 0 Å². The van der Waals surface area contributed by atoms with Crippen LogP contribution in [0.15, 0.2) is 78.9 Å². The van der Waals surface area contributed by atoms with Crippen LogP contribution in [-0.4, -0.2) is 0 Å². The summed E-state index contributed by atoms with van der Waals surface area (Å²) < 4.78 is 0. The zero-order chi connectivity index (χ0) is 29.2. The zero-order valence-corrected chi connectivity index (χ0v) is 31.9. The van der Waals surface area contributed by atoms with Gasteiger partial charge < -0.3 is 24.8 Å². The van der Waals surface area contributed by atoms with Gasteiger partial charge in [-0.15, -0.1) is 16.7 Å². The van der Waals surface area contributed by atoms with E-state index in [2.05, 4.69) is 107 Å². The topological polar surface area (TPSA) is 0 Å². The standard InChI is InChI=1S/C29H41.2C5H5.2ClH.Zr/c1-26(2,3)22-14-18-13-19-15-23(27(4,5)6)25(29(10,11)12)17-21(19)20(18)16-24(22)28(7,8)9;2*1-2-4-5-3-1;;;/h14,16-17H,13H2,1-12H3;2*1-5H;2*1H;/q3*-1;;;+2/p-2. The first kappa shape index (κ1) is 40.6. The van der Waals surface area contributed by atoms with Gasteiger partial charge in [0.2, 0.25) is 0 Å². The Bertz CT molecular complexity index is 1190. The molecule has 0 amide bonds. The first-order valence-corrected chi connectivity index (χ1v) is 14.5. The van der Waals surface area contributed by atoms with Crippen LogP contribution in [0.4, 0.5) is 0 Å². The molecule has 0 fully saturated rings. The maximum Gasteiger partial charge on any atom is 2.00 e. The Morgan fingerprint density at radius 3 is 1.24 bits per heavy atom. The van der Waals surface area contributed by atoms with Crippen molar-refractivity contribution in [3.05, 3.63) is 118 Å². The van der Waals surface area contributed by atoms with E-state index >= 15 is 0 Å². The van der Waals surface area contributed by atoms with Gasteiger partial charge in [-0.05, 0) is 39.4 Å². The van der Waals surface area contributed by atoms with Crippen LogP contribution < -0.4 is 24.8 Å². The van der Waals surface area contributed by atoms with Crippen molar-refractivity contribution in [2.45, 2.75) is 111 Å². The summed E-state index contributed by atoms with van der Waals surface area (Å²) in [5.41, 5.74) is 11.9. The first-order chi connectivity index (χ1) is 17.9. The minimum Gasteiger partial charge on any atom is -1.00 e. The molecule has 0 heterocycles. The molecule has 0 saturated carbocycles. The fraction of sp³-hybridized carbons (Fsp3) is 0.436. The van der Waals surface area contributed by atoms with Gasteiger partial charge in [-0.25, -0.2) is 24.3 Å². The van der Waals surface area contributed by atoms with Crippen molar-refractivity contribution < 1.29 is 51.0 Å². The molecule has 1 aliphatic rings. The van der Waals surface area contributed by atoms with Crippen LogP contribution in [0.5, 0.6) is 0 Å². The van der Waals surface area contributed by atoms with Crippen LogP contribution in [0.3, 0.4) is 0 Å². The second kappa shape index (κ2) is 15.6. The second-order valence-corrected chi connectivity index (χ2v) is 15.1. The van der Waals surface area contributed by atoms with Gasteiger partial charge in [-0.1, -0.05) is 106 Å². The third kappa shape index (κ3) is 10.4. The molecule has 0 bridgehead atoms. The number of fused-ring (bicyclic) bond motifs is 3.